The third-order valence-corrected chi connectivity index (χ3v) is 6.96. The monoisotopic (exact) mass is 360 g/mol. The molecule has 1 spiro atoms. The molecule has 2 amide bonds. The first-order valence-corrected chi connectivity index (χ1v) is 9.33. The molecular formula is C19H21ClN2O3. The van der Waals surface area contributed by atoms with Crippen LogP contribution < -0.4 is 5.32 Å². The molecule has 2 saturated heterocycles. The number of benzene rings is 1. The summed E-state index contributed by atoms with van der Waals surface area (Å²) in [4.78, 5) is 25.9. The second-order valence-electron chi connectivity index (χ2n) is 8.19. The third-order valence-electron chi connectivity index (χ3n) is 6.56. The molecule has 0 unspecified atom stereocenters. The van der Waals surface area contributed by atoms with Crippen molar-refractivity contribution in [3.8, 4) is 0 Å². The van der Waals surface area contributed by atoms with Gasteiger partial charge in [0.2, 0.25) is 5.91 Å². The van der Waals surface area contributed by atoms with Gasteiger partial charge in [0.1, 0.15) is 6.61 Å². The Labute approximate surface area is 151 Å². The number of ether oxygens (including phenoxy) is 1. The average molecular weight is 361 g/mol. The molecular weight excluding hydrogens is 340 g/mol. The number of hydrogen-bond acceptors (Lipinski definition) is 3. The number of amides is 2. The summed E-state index contributed by atoms with van der Waals surface area (Å²) in [6.07, 6.45) is 1.06. The minimum Gasteiger partial charge on any atom is -0.447 e. The molecule has 1 aromatic carbocycles. The highest BCUT2D eigenvalue weighted by molar-refractivity contribution is 6.31. The van der Waals surface area contributed by atoms with E-state index in [9.17, 15) is 9.59 Å². The van der Waals surface area contributed by atoms with Crippen molar-refractivity contribution < 1.29 is 14.3 Å². The largest absolute Gasteiger partial charge is 0.447 e. The van der Waals surface area contributed by atoms with Gasteiger partial charge >= 0.3 is 6.09 Å². The van der Waals surface area contributed by atoms with Crippen LogP contribution in [0.15, 0.2) is 18.2 Å². The number of rotatable bonds is 2. The highest BCUT2D eigenvalue weighted by atomic mass is 35.5. The predicted octanol–water partition coefficient (Wildman–Crippen LogP) is 2.71. The zero-order valence-electron chi connectivity index (χ0n) is 14.1. The summed E-state index contributed by atoms with van der Waals surface area (Å²) >= 11 is 6.25. The predicted molar refractivity (Wildman–Crippen MR) is 92.4 cm³/mol. The SMILES string of the molecule is Cc1ccc([C@H]2[C@@H]3CN(C(=O)C4CC5(COC(=O)N5)C4)C[C@@H]32)cc1Cl. The number of nitrogens with zero attached hydrogens (tertiary/aromatic N) is 1. The van der Waals surface area contributed by atoms with Crippen LogP contribution in [-0.4, -0.2) is 42.1 Å². The molecule has 1 aromatic rings. The van der Waals surface area contributed by atoms with Crippen molar-refractivity contribution in [3.05, 3.63) is 34.3 Å². The van der Waals surface area contributed by atoms with Crippen LogP contribution in [0.5, 0.6) is 0 Å². The lowest BCUT2D eigenvalue weighted by Crippen LogP contribution is -2.58. The number of alkyl carbamates (subject to hydrolysis) is 1. The Bertz CT molecular complexity index is 762. The zero-order chi connectivity index (χ0) is 17.3. The molecule has 6 heteroatoms. The Morgan fingerprint density at radius 3 is 2.64 bits per heavy atom. The maximum absolute atomic E-state index is 12.7. The fourth-order valence-electron chi connectivity index (χ4n) is 5.05. The van der Waals surface area contributed by atoms with E-state index in [1.165, 1.54) is 5.56 Å². The minimum atomic E-state index is -0.354. The first kappa shape index (κ1) is 15.5. The number of carbonyl (C=O) groups is 2. The number of likely N-dealkylation sites (tertiary alicyclic amines) is 1. The van der Waals surface area contributed by atoms with Gasteiger partial charge in [0.15, 0.2) is 0 Å². The van der Waals surface area contributed by atoms with E-state index in [4.69, 9.17) is 16.3 Å². The second kappa shape index (κ2) is 5.13. The van der Waals surface area contributed by atoms with Gasteiger partial charge < -0.3 is 15.0 Å². The van der Waals surface area contributed by atoms with E-state index in [1.54, 1.807) is 0 Å². The fourth-order valence-corrected chi connectivity index (χ4v) is 5.23. The average Bonchev–Trinajstić information content (AvgIpc) is 2.91. The Balaban J connectivity index is 1.18. The van der Waals surface area contributed by atoms with E-state index in [-0.39, 0.29) is 23.5 Å². The maximum Gasteiger partial charge on any atom is 0.407 e. The van der Waals surface area contributed by atoms with Crippen LogP contribution in [0.1, 0.15) is 29.9 Å². The maximum atomic E-state index is 12.7. The van der Waals surface area contributed by atoms with E-state index < -0.39 is 0 Å². The van der Waals surface area contributed by atoms with Gasteiger partial charge in [-0.1, -0.05) is 23.7 Å². The lowest BCUT2D eigenvalue weighted by atomic mass is 9.68. The van der Waals surface area contributed by atoms with Gasteiger partial charge in [-0.25, -0.2) is 4.79 Å². The molecule has 2 aliphatic carbocycles. The van der Waals surface area contributed by atoms with Crippen molar-refractivity contribution in [3.63, 3.8) is 0 Å². The highest BCUT2D eigenvalue weighted by Crippen LogP contribution is 2.59. The number of aryl methyl sites for hydroxylation is 1. The van der Waals surface area contributed by atoms with E-state index in [0.29, 0.717) is 37.2 Å². The van der Waals surface area contributed by atoms with Crippen LogP contribution in [0.4, 0.5) is 4.79 Å². The number of nitrogens with one attached hydrogen (secondary N) is 1. The van der Waals surface area contributed by atoms with Crippen LogP contribution in [0.3, 0.4) is 0 Å². The van der Waals surface area contributed by atoms with Gasteiger partial charge in [0.05, 0.1) is 5.54 Å². The summed E-state index contributed by atoms with van der Waals surface area (Å²) in [5.41, 5.74) is 2.14. The minimum absolute atomic E-state index is 0.0340. The molecule has 3 atom stereocenters. The van der Waals surface area contributed by atoms with E-state index in [0.717, 1.165) is 23.7 Å². The van der Waals surface area contributed by atoms with Gasteiger partial charge in [-0.3, -0.25) is 4.79 Å². The number of cyclic esters (lactones) is 1. The molecule has 1 N–H and O–H groups in total. The second-order valence-corrected chi connectivity index (χ2v) is 8.60. The van der Waals surface area contributed by atoms with Crippen LogP contribution in [0, 0.1) is 24.7 Å². The smallest absolute Gasteiger partial charge is 0.407 e. The molecule has 5 nitrogen and oxygen atoms in total. The number of carbonyl (C=O) groups excluding carboxylic acids is 2. The molecule has 2 heterocycles. The third kappa shape index (κ3) is 2.35. The molecule has 2 aliphatic heterocycles. The summed E-state index contributed by atoms with van der Waals surface area (Å²) < 4.78 is 4.98. The Hall–Kier alpha value is -1.75. The Morgan fingerprint density at radius 2 is 2.04 bits per heavy atom. The molecule has 0 aromatic heterocycles. The Morgan fingerprint density at radius 1 is 1.32 bits per heavy atom. The summed E-state index contributed by atoms with van der Waals surface area (Å²) in [6.45, 7) is 4.12. The zero-order valence-corrected chi connectivity index (χ0v) is 14.9. The lowest BCUT2D eigenvalue weighted by Gasteiger charge is -2.43. The van der Waals surface area contributed by atoms with Crippen molar-refractivity contribution in [2.45, 2.75) is 31.2 Å². The standard InChI is InChI=1S/C19H21ClN2O3/c1-10-2-3-11(4-15(10)20)16-13-7-22(8-14(13)16)17(23)12-5-19(6-12)9-25-18(24)21-19/h2-4,12-14,16H,5-9H2,1H3,(H,21,24)/t12?,13-,14+,16+,19?. The molecule has 0 radical (unpaired) electrons. The van der Waals surface area contributed by atoms with Gasteiger partial charge in [-0.05, 0) is 54.7 Å². The van der Waals surface area contributed by atoms with Crippen LogP contribution >= 0.6 is 11.6 Å². The van der Waals surface area contributed by atoms with Crippen molar-refractivity contribution in [1.29, 1.82) is 0 Å². The summed E-state index contributed by atoms with van der Waals surface area (Å²) in [7, 11) is 0. The quantitative estimate of drug-likeness (QED) is 0.882. The number of fused-ring (bicyclic) bond motifs is 1. The molecule has 4 fully saturated rings. The first-order chi connectivity index (χ1) is 12.0. The first-order valence-electron chi connectivity index (χ1n) is 8.96. The van der Waals surface area contributed by atoms with Crippen LogP contribution in [0.25, 0.3) is 0 Å². The molecule has 4 aliphatic rings. The molecule has 2 saturated carbocycles. The van der Waals surface area contributed by atoms with Crippen LogP contribution in [0.2, 0.25) is 5.02 Å². The van der Waals surface area contributed by atoms with E-state index in [2.05, 4.69) is 23.5 Å². The lowest BCUT2D eigenvalue weighted by molar-refractivity contribution is -0.140. The number of hydrogen-bond donors (Lipinski definition) is 1. The summed E-state index contributed by atoms with van der Waals surface area (Å²) in [5, 5.41) is 3.68. The Kier molecular flexibility index (Phi) is 3.18. The summed E-state index contributed by atoms with van der Waals surface area (Å²) in [5.74, 6) is 1.99. The van der Waals surface area contributed by atoms with E-state index >= 15 is 0 Å². The molecule has 132 valence electrons. The van der Waals surface area contributed by atoms with Crippen LogP contribution in [-0.2, 0) is 9.53 Å². The van der Waals surface area contributed by atoms with Gasteiger partial charge in [-0.15, -0.1) is 0 Å². The van der Waals surface area contributed by atoms with Crippen molar-refractivity contribution in [2.24, 2.45) is 17.8 Å². The molecule has 5 rings (SSSR count). The highest BCUT2D eigenvalue weighted by Gasteiger charge is 2.59. The van der Waals surface area contributed by atoms with Crippen molar-refractivity contribution in [2.75, 3.05) is 19.7 Å². The topological polar surface area (TPSA) is 58.6 Å². The number of piperidine rings is 1. The van der Waals surface area contributed by atoms with Crippen molar-refractivity contribution >= 4 is 23.6 Å². The normalized spacial score (nSPS) is 38.2. The van der Waals surface area contributed by atoms with Gasteiger partial charge in [0.25, 0.3) is 0 Å². The molecule has 0 bridgehead atoms. The summed E-state index contributed by atoms with van der Waals surface area (Å²) in [6, 6.07) is 6.35. The molecule has 25 heavy (non-hydrogen) atoms. The number of halogens is 1. The fraction of sp³-hybridized carbons (Fsp3) is 0.579. The van der Waals surface area contributed by atoms with E-state index in [1.807, 2.05) is 11.8 Å². The van der Waals surface area contributed by atoms with Crippen molar-refractivity contribution in [1.82, 2.24) is 10.2 Å². The van der Waals surface area contributed by atoms with Gasteiger partial charge in [-0.2, -0.15) is 0 Å². The van der Waals surface area contributed by atoms with Gasteiger partial charge in [0, 0.05) is 24.0 Å².